The van der Waals surface area contributed by atoms with Crippen molar-refractivity contribution in [2.75, 3.05) is 18.4 Å². The Labute approximate surface area is 143 Å². The molecule has 0 saturated carbocycles. The number of H-pyrrole nitrogens is 1. The molecule has 5 nitrogen and oxygen atoms in total. The maximum atomic E-state index is 12.0. The van der Waals surface area contributed by atoms with Gasteiger partial charge in [-0.3, -0.25) is 14.7 Å². The number of likely N-dealkylation sites (tertiary alicyclic amines) is 1. The van der Waals surface area contributed by atoms with Gasteiger partial charge >= 0.3 is 0 Å². The number of rotatable bonds is 5. The maximum absolute atomic E-state index is 12.0. The summed E-state index contributed by atoms with van der Waals surface area (Å²) in [6.45, 7) is 7.01. The summed E-state index contributed by atoms with van der Waals surface area (Å²) in [5, 5.41) is 3.40. The van der Waals surface area contributed by atoms with Crippen molar-refractivity contribution in [3.8, 4) is 0 Å². The number of nitrogens with zero attached hydrogens (tertiary/aromatic N) is 2. The van der Waals surface area contributed by atoms with Crippen molar-refractivity contribution < 1.29 is 0 Å². The molecule has 5 heteroatoms. The van der Waals surface area contributed by atoms with Crippen LogP contribution in [-0.2, 0) is 13.0 Å². The lowest BCUT2D eigenvalue weighted by Crippen LogP contribution is -2.39. The molecule has 0 radical (unpaired) electrons. The molecular weight excluding hydrogens is 300 g/mol. The molecule has 3 rings (SSSR count). The zero-order chi connectivity index (χ0) is 16.9. The Hall–Kier alpha value is -2.14. The Balaban J connectivity index is 1.55. The van der Waals surface area contributed by atoms with Gasteiger partial charge in [0.15, 0.2) is 0 Å². The van der Waals surface area contributed by atoms with E-state index in [0.717, 1.165) is 43.7 Å². The predicted octanol–water partition coefficient (Wildman–Crippen LogP) is 2.72. The van der Waals surface area contributed by atoms with Crippen LogP contribution in [0.25, 0.3) is 0 Å². The molecule has 0 bridgehead atoms. The molecule has 1 fully saturated rings. The van der Waals surface area contributed by atoms with E-state index in [9.17, 15) is 4.79 Å². The molecule has 2 heterocycles. The molecule has 128 valence electrons. The molecule has 1 aromatic heterocycles. The third-order valence-corrected chi connectivity index (χ3v) is 4.75. The molecule has 0 atom stereocenters. The highest BCUT2D eigenvalue weighted by Gasteiger charge is 2.20. The molecule has 0 aliphatic carbocycles. The monoisotopic (exact) mass is 326 g/mol. The predicted molar refractivity (Wildman–Crippen MR) is 97.3 cm³/mol. The van der Waals surface area contributed by atoms with Crippen LogP contribution in [-0.4, -0.2) is 34.0 Å². The number of piperidine rings is 1. The summed E-state index contributed by atoms with van der Waals surface area (Å²) in [6.07, 6.45) is 2.84. The smallest absolute Gasteiger partial charge is 0.255 e. The summed E-state index contributed by atoms with van der Waals surface area (Å²) in [5.74, 6) is 0.608. The van der Waals surface area contributed by atoms with Crippen LogP contribution < -0.4 is 10.9 Å². The lowest BCUT2D eigenvalue weighted by molar-refractivity contribution is 0.211. The second kappa shape index (κ2) is 7.62. The lowest BCUT2D eigenvalue weighted by atomic mass is 10.0. The number of anilines is 1. The van der Waals surface area contributed by atoms with Gasteiger partial charge in [0, 0.05) is 36.9 Å². The molecule has 2 N–H and O–H groups in total. The quantitative estimate of drug-likeness (QED) is 0.887. The van der Waals surface area contributed by atoms with E-state index in [1.807, 2.05) is 13.8 Å². The van der Waals surface area contributed by atoms with Gasteiger partial charge in [0.1, 0.15) is 0 Å². The lowest BCUT2D eigenvalue weighted by Gasteiger charge is -2.32. The third kappa shape index (κ3) is 4.03. The molecule has 24 heavy (non-hydrogen) atoms. The van der Waals surface area contributed by atoms with Crippen LogP contribution in [0.2, 0.25) is 0 Å². The number of benzene rings is 1. The van der Waals surface area contributed by atoms with E-state index in [-0.39, 0.29) is 5.56 Å². The highest BCUT2D eigenvalue weighted by atomic mass is 16.1. The molecule has 0 amide bonds. The second-order valence-electron chi connectivity index (χ2n) is 6.51. The van der Waals surface area contributed by atoms with Crippen molar-refractivity contribution in [2.45, 2.75) is 45.7 Å². The molecule has 1 aliphatic heterocycles. The Bertz CT molecular complexity index is 718. The third-order valence-electron chi connectivity index (χ3n) is 4.75. The standard InChI is InChI=1S/C19H26N4O/c1-3-17-14(2)20-19(22-18(17)24)21-16-9-11-23(12-10-16)13-15-7-5-4-6-8-15/h4-8,16H,3,9-13H2,1-2H3,(H2,20,21,22,24). The largest absolute Gasteiger partial charge is 0.353 e. The van der Waals surface area contributed by atoms with Crippen LogP contribution in [0.1, 0.15) is 36.6 Å². The maximum Gasteiger partial charge on any atom is 0.255 e. The Morgan fingerprint density at radius 3 is 2.58 bits per heavy atom. The van der Waals surface area contributed by atoms with Crippen LogP contribution in [0, 0.1) is 6.92 Å². The fraction of sp³-hybridized carbons (Fsp3) is 0.474. The van der Waals surface area contributed by atoms with Gasteiger partial charge in [-0.05, 0) is 31.7 Å². The number of aryl methyl sites for hydroxylation is 1. The van der Waals surface area contributed by atoms with E-state index in [4.69, 9.17) is 0 Å². The van der Waals surface area contributed by atoms with Crippen molar-refractivity contribution in [2.24, 2.45) is 0 Å². The zero-order valence-electron chi connectivity index (χ0n) is 14.5. The van der Waals surface area contributed by atoms with E-state index in [2.05, 4.69) is 50.5 Å². The fourth-order valence-corrected chi connectivity index (χ4v) is 3.37. The molecular formula is C19H26N4O. The van der Waals surface area contributed by atoms with Crippen molar-refractivity contribution >= 4 is 5.95 Å². The van der Waals surface area contributed by atoms with Crippen LogP contribution in [0.4, 0.5) is 5.95 Å². The van der Waals surface area contributed by atoms with E-state index >= 15 is 0 Å². The van der Waals surface area contributed by atoms with Crippen molar-refractivity contribution in [3.63, 3.8) is 0 Å². The van der Waals surface area contributed by atoms with Gasteiger partial charge in [-0.15, -0.1) is 0 Å². The SMILES string of the molecule is CCc1c(C)nc(NC2CCN(Cc3ccccc3)CC2)[nH]c1=O. The van der Waals surface area contributed by atoms with E-state index < -0.39 is 0 Å². The van der Waals surface area contributed by atoms with E-state index in [0.29, 0.717) is 18.4 Å². The summed E-state index contributed by atoms with van der Waals surface area (Å²) in [5.41, 5.74) is 2.94. The Morgan fingerprint density at radius 2 is 1.96 bits per heavy atom. The van der Waals surface area contributed by atoms with E-state index in [1.165, 1.54) is 5.56 Å². The van der Waals surface area contributed by atoms with E-state index in [1.54, 1.807) is 0 Å². The molecule has 1 saturated heterocycles. The minimum absolute atomic E-state index is 0.0194. The number of aromatic amines is 1. The number of nitrogens with one attached hydrogen (secondary N) is 2. The van der Waals surface area contributed by atoms with Crippen LogP contribution >= 0.6 is 0 Å². The zero-order valence-corrected chi connectivity index (χ0v) is 14.5. The van der Waals surface area contributed by atoms with Gasteiger partial charge in [0.25, 0.3) is 5.56 Å². The summed E-state index contributed by atoms with van der Waals surface area (Å²) in [7, 11) is 0. The first-order valence-corrected chi connectivity index (χ1v) is 8.78. The minimum Gasteiger partial charge on any atom is -0.353 e. The topological polar surface area (TPSA) is 61.0 Å². The number of hydrogen-bond acceptors (Lipinski definition) is 4. The van der Waals surface area contributed by atoms with Crippen molar-refractivity contribution in [1.82, 2.24) is 14.9 Å². The molecule has 0 unspecified atom stereocenters. The Morgan fingerprint density at radius 1 is 1.25 bits per heavy atom. The van der Waals surface area contributed by atoms with Crippen molar-refractivity contribution in [3.05, 3.63) is 57.5 Å². The summed E-state index contributed by atoms with van der Waals surface area (Å²) in [6, 6.07) is 11.0. The minimum atomic E-state index is -0.0194. The average Bonchev–Trinajstić information content (AvgIpc) is 2.57. The summed E-state index contributed by atoms with van der Waals surface area (Å²) in [4.78, 5) is 21.9. The van der Waals surface area contributed by atoms with Gasteiger partial charge in [0.05, 0.1) is 0 Å². The number of hydrogen-bond donors (Lipinski definition) is 2. The molecule has 0 spiro atoms. The fourth-order valence-electron chi connectivity index (χ4n) is 3.37. The van der Waals surface area contributed by atoms with Gasteiger partial charge in [-0.25, -0.2) is 4.98 Å². The average molecular weight is 326 g/mol. The van der Waals surface area contributed by atoms with Gasteiger partial charge in [-0.1, -0.05) is 37.3 Å². The normalized spacial score (nSPS) is 16.2. The van der Waals surface area contributed by atoms with Gasteiger partial charge in [-0.2, -0.15) is 0 Å². The van der Waals surface area contributed by atoms with Crippen molar-refractivity contribution in [1.29, 1.82) is 0 Å². The first-order chi connectivity index (χ1) is 11.7. The summed E-state index contributed by atoms with van der Waals surface area (Å²) < 4.78 is 0. The summed E-state index contributed by atoms with van der Waals surface area (Å²) >= 11 is 0. The van der Waals surface area contributed by atoms with Gasteiger partial charge < -0.3 is 5.32 Å². The number of aromatic nitrogens is 2. The van der Waals surface area contributed by atoms with Gasteiger partial charge in [0.2, 0.25) is 5.95 Å². The highest BCUT2D eigenvalue weighted by Crippen LogP contribution is 2.16. The first kappa shape index (κ1) is 16.7. The highest BCUT2D eigenvalue weighted by molar-refractivity contribution is 5.30. The van der Waals surface area contributed by atoms with Crippen LogP contribution in [0.15, 0.2) is 35.1 Å². The first-order valence-electron chi connectivity index (χ1n) is 8.78. The van der Waals surface area contributed by atoms with Crippen LogP contribution in [0.5, 0.6) is 0 Å². The van der Waals surface area contributed by atoms with Crippen LogP contribution in [0.3, 0.4) is 0 Å². The molecule has 1 aromatic carbocycles. The molecule has 1 aliphatic rings. The second-order valence-corrected chi connectivity index (χ2v) is 6.51. The Kier molecular flexibility index (Phi) is 5.30. The molecule has 2 aromatic rings.